The Labute approximate surface area is 135 Å². The monoisotopic (exact) mass is 306 g/mol. The van der Waals surface area contributed by atoms with Crippen molar-refractivity contribution in [3.8, 4) is 5.75 Å². The minimum absolute atomic E-state index is 0.0603. The van der Waals surface area contributed by atoms with Gasteiger partial charge < -0.3 is 10.0 Å². The molecule has 1 aliphatic rings. The lowest BCUT2D eigenvalue weighted by molar-refractivity contribution is -0.914. The van der Waals surface area contributed by atoms with E-state index in [0.717, 1.165) is 29.7 Å². The quantitative estimate of drug-likeness (QED) is 0.779. The zero-order chi connectivity index (χ0) is 15.6. The predicted octanol–water partition coefficient (Wildman–Crippen LogP) is 2.10. The van der Waals surface area contributed by atoms with Crippen molar-refractivity contribution < 1.29 is 10.0 Å². The molecule has 1 atom stereocenters. The van der Waals surface area contributed by atoms with E-state index in [2.05, 4.69) is 16.0 Å². The highest BCUT2D eigenvalue weighted by molar-refractivity contribution is 5.85. The molecule has 0 spiro atoms. The molecule has 2 aromatic heterocycles. The summed E-state index contributed by atoms with van der Waals surface area (Å²) in [6.45, 7) is 2.22. The molecular formula is C19H20N3O+. The lowest BCUT2D eigenvalue weighted by Crippen LogP contribution is -3.10. The average Bonchev–Trinajstić information content (AvgIpc) is 3.13. The maximum Gasteiger partial charge on any atom is 0.160 e. The van der Waals surface area contributed by atoms with Crippen LogP contribution in [-0.2, 0) is 0 Å². The van der Waals surface area contributed by atoms with Gasteiger partial charge in [-0.2, -0.15) is 0 Å². The molecule has 4 rings (SSSR count). The summed E-state index contributed by atoms with van der Waals surface area (Å²) in [5, 5.41) is 11.8. The van der Waals surface area contributed by atoms with Crippen molar-refractivity contribution in [1.29, 1.82) is 0 Å². The lowest BCUT2D eigenvalue weighted by Gasteiger charge is -2.25. The van der Waals surface area contributed by atoms with Crippen LogP contribution in [0, 0.1) is 0 Å². The first-order valence-electron chi connectivity index (χ1n) is 8.17. The zero-order valence-electron chi connectivity index (χ0n) is 12.9. The summed E-state index contributed by atoms with van der Waals surface area (Å²) in [5.41, 5.74) is 2.60. The molecule has 0 saturated carbocycles. The number of benzene rings is 1. The van der Waals surface area contributed by atoms with Crippen LogP contribution in [0.25, 0.3) is 10.9 Å². The van der Waals surface area contributed by atoms with Gasteiger partial charge in [-0.25, -0.2) is 0 Å². The molecule has 1 aromatic carbocycles. The molecule has 23 heavy (non-hydrogen) atoms. The molecule has 1 fully saturated rings. The Bertz CT molecular complexity index is 813. The van der Waals surface area contributed by atoms with Crippen LogP contribution in [0.5, 0.6) is 5.75 Å². The molecule has 3 aromatic rings. The van der Waals surface area contributed by atoms with E-state index >= 15 is 0 Å². The summed E-state index contributed by atoms with van der Waals surface area (Å²) in [5.74, 6) is 0.290. The molecular weight excluding hydrogens is 286 g/mol. The molecule has 0 aliphatic carbocycles. The second-order valence-electron chi connectivity index (χ2n) is 6.13. The van der Waals surface area contributed by atoms with Crippen LogP contribution in [-0.4, -0.2) is 28.2 Å². The van der Waals surface area contributed by atoms with Gasteiger partial charge in [-0.15, -0.1) is 0 Å². The predicted molar refractivity (Wildman–Crippen MR) is 89.4 cm³/mol. The second-order valence-corrected chi connectivity index (χ2v) is 6.13. The Morgan fingerprint density at radius 2 is 1.74 bits per heavy atom. The molecule has 2 N–H and O–H groups in total. The van der Waals surface area contributed by atoms with E-state index in [-0.39, 0.29) is 11.8 Å². The fourth-order valence-electron chi connectivity index (χ4n) is 3.63. The third-order valence-electron chi connectivity index (χ3n) is 4.73. The Balaban J connectivity index is 1.88. The van der Waals surface area contributed by atoms with Crippen molar-refractivity contribution in [2.45, 2.75) is 18.9 Å². The number of phenols is 1. The number of quaternary nitrogens is 1. The maximum atomic E-state index is 10.8. The number of aromatic nitrogens is 2. The van der Waals surface area contributed by atoms with Gasteiger partial charge in [0.2, 0.25) is 0 Å². The first kappa shape index (κ1) is 14.2. The van der Waals surface area contributed by atoms with Crippen LogP contribution >= 0.6 is 0 Å². The number of likely N-dealkylation sites (tertiary alicyclic amines) is 1. The highest BCUT2D eigenvalue weighted by Crippen LogP contribution is 2.32. The van der Waals surface area contributed by atoms with E-state index in [1.165, 1.54) is 17.7 Å². The Kier molecular flexibility index (Phi) is 3.67. The van der Waals surface area contributed by atoms with Gasteiger partial charge in [0.05, 0.1) is 18.7 Å². The van der Waals surface area contributed by atoms with Gasteiger partial charge >= 0.3 is 0 Å². The molecule has 3 heterocycles. The molecule has 4 nitrogen and oxygen atoms in total. The number of pyridine rings is 2. The van der Waals surface area contributed by atoms with Gasteiger partial charge in [0.1, 0.15) is 11.2 Å². The Morgan fingerprint density at radius 3 is 2.52 bits per heavy atom. The summed E-state index contributed by atoms with van der Waals surface area (Å²) < 4.78 is 0. The molecule has 0 bridgehead atoms. The third-order valence-corrected chi connectivity index (χ3v) is 4.73. The number of aromatic hydroxyl groups is 1. The Morgan fingerprint density at radius 1 is 0.913 bits per heavy atom. The molecule has 0 unspecified atom stereocenters. The van der Waals surface area contributed by atoms with Crippen LogP contribution in [0.15, 0.2) is 54.9 Å². The molecule has 0 amide bonds. The number of phenolic OH excluding ortho intramolecular Hbond substituents is 1. The normalized spacial score (nSPS) is 16.7. The molecule has 4 heteroatoms. The zero-order valence-corrected chi connectivity index (χ0v) is 12.9. The van der Waals surface area contributed by atoms with Crippen molar-refractivity contribution in [3.05, 3.63) is 66.1 Å². The number of nitrogens with zero attached hydrogens (tertiary/aromatic N) is 2. The van der Waals surface area contributed by atoms with Crippen molar-refractivity contribution in [3.63, 3.8) is 0 Å². The van der Waals surface area contributed by atoms with Crippen LogP contribution in [0.1, 0.15) is 30.1 Å². The van der Waals surface area contributed by atoms with Gasteiger partial charge in [0, 0.05) is 30.6 Å². The van der Waals surface area contributed by atoms with Crippen molar-refractivity contribution in [2.24, 2.45) is 0 Å². The van der Waals surface area contributed by atoms with E-state index in [0.29, 0.717) is 5.52 Å². The molecule has 116 valence electrons. The highest BCUT2D eigenvalue weighted by atomic mass is 16.3. The van der Waals surface area contributed by atoms with Gasteiger partial charge in [-0.1, -0.05) is 18.2 Å². The molecule has 1 aliphatic heterocycles. The van der Waals surface area contributed by atoms with Crippen molar-refractivity contribution in [2.75, 3.05) is 13.1 Å². The van der Waals surface area contributed by atoms with Crippen LogP contribution in [0.4, 0.5) is 0 Å². The summed E-state index contributed by atoms with van der Waals surface area (Å²) >= 11 is 0. The fraction of sp³-hybridized carbons (Fsp3) is 0.263. The van der Waals surface area contributed by atoms with E-state index in [1.807, 2.05) is 42.6 Å². The second kappa shape index (κ2) is 5.97. The minimum Gasteiger partial charge on any atom is -0.505 e. The topological polar surface area (TPSA) is 50.5 Å². The van der Waals surface area contributed by atoms with Crippen LogP contribution < -0.4 is 4.90 Å². The number of fused-ring (bicyclic) bond motifs is 1. The molecule has 1 saturated heterocycles. The van der Waals surface area contributed by atoms with Gasteiger partial charge in [-0.05, 0) is 24.3 Å². The standard InChI is InChI=1S/C19H19N3O/c23-19-15(9-8-14-6-5-11-21-17(14)19)18(22-12-3-4-13-22)16-7-1-2-10-20-16/h1-2,5-11,18,23H,3-4,12-13H2/p+1/t18-/m0/s1. The fourth-order valence-corrected chi connectivity index (χ4v) is 3.63. The number of rotatable bonds is 3. The summed E-state index contributed by atoms with van der Waals surface area (Å²) in [6, 6.07) is 14.0. The van der Waals surface area contributed by atoms with Gasteiger partial charge in [0.25, 0.3) is 0 Å². The first-order valence-corrected chi connectivity index (χ1v) is 8.17. The highest BCUT2D eigenvalue weighted by Gasteiger charge is 2.32. The summed E-state index contributed by atoms with van der Waals surface area (Å²) in [7, 11) is 0. The maximum absolute atomic E-state index is 10.8. The summed E-state index contributed by atoms with van der Waals surface area (Å²) in [4.78, 5) is 10.4. The first-order chi connectivity index (χ1) is 11.3. The number of hydrogen-bond acceptors (Lipinski definition) is 3. The number of hydrogen-bond donors (Lipinski definition) is 2. The largest absolute Gasteiger partial charge is 0.505 e. The SMILES string of the molecule is Oc1c([C@@H](c2ccccn2)[NH+]2CCCC2)ccc2cccnc12. The molecule has 0 radical (unpaired) electrons. The summed E-state index contributed by atoms with van der Waals surface area (Å²) in [6.07, 6.45) is 6.01. The van der Waals surface area contributed by atoms with Gasteiger partial charge in [0.15, 0.2) is 11.8 Å². The Hall–Kier alpha value is -2.46. The van der Waals surface area contributed by atoms with Crippen molar-refractivity contribution in [1.82, 2.24) is 9.97 Å². The van der Waals surface area contributed by atoms with E-state index in [4.69, 9.17) is 0 Å². The van der Waals surface area contributed by atoms with E-state index in [9.17, 15) is 5.11 Å². The third kappa shape index (κ3) is 2.55. The number of nitrogens with one attached hydrogen (secondary N) is 1. The smallest absolute Gasteiger partial charge is 0.160 e. The van der Waals surface area contributed by atoms with Crippen molar-refractivity contribution >= 4 is 10.9 Å². The average molecular weight is 306 g/mol. The lowest BCUT2D eigenvalue weighted by atomic mass is 9.98. The van der Waals surface area contributed by atoms with Crippen LogP contribution in [0.2, 0.25) is 0 Å². The van der Waals surface area contributed by atoms with E-state index in [1.54, 1.807) is 6.20 Å². The van der Waals surface area contributed by atoms with Gasteiger partial charge in [-0.3, -0.25) is 9.97 Å². The van der Waals surface area contributed by atoms with E-state index < -0.39 is 0 Å². The van der Waals surface area contributed by atoms with Crippen LogP contribution in [0.3, 0.4) is 0 Å². The minimum atomic E-state index is 0.0603.